The number of hydrogen-bond acceptors (Lipinski definition) is 5. The fraction of sp³-hybridized carbons (Fsp3) is 0.269. The Labute approximate surface area is 183 Å². The van der Waals surface area contributed by atoms with E-state index in [4.69, 9.17) is 14.2 Å². The lowest BCUT2D eigenvalue weighted by atomic mass is 9.80. The first-order valence-corrected chi connectivity index (χ1v) is 10.3. The topological polar surface area (TPSA) is 65.0 Å². The number of Topliss-reactive ketones (excluding diaryl/α,β-unsaturated/α-hetero) is 1. The molecule has 162 valence electrons. The normalized spacial score (nSPS) is 11.1. The molecule has 0 atom stereocenters. The molecule has 5 heteroatoms. The molecule has 0 aromatic heterocycles. The van der Waals surface area contributed by atoms with Gasteiger partial charge >= 0.3 is 0 Å². The molecule has 0 fully saturated rings. The second-order valence-electron chi connectivity index (χ2n) is 7.24. The number of aliphatic hydroxyl groups is 1. The first-order chi connectivity index (χ1) is 15.0. The van der Waals surface area contributed by atoms with Crippen molar-refractivity contribution in [3.8, 4) is 17.2 Å². The SMILES string of the molecule is CCCC(=O)COc1ccccc1C(O)(c1ccc(OC)cc1)c1ccc(OC)cc1. The van der Waals surface area contributed by atoms with Crippen LogP contribution in [0.25, 0.3) is 0 Å². The highest BCUT2D eigenvalue weighted by Gasteiger charge is 2.36. The summed E-state index contributed by atoms with van der Waals surface area (Å²) in [7, 11) is 3.20. The van der Waals surface area contributed by atoms with Crippen molar-refractivity contribution in [2.24, 2.45) is 0 Å². The molecular formula is C26H28O5. The molecule has 31 heavy (non-hydrogen) atoms. The number of ether oxygens (including phenoxy) is 3. The maximum Gasteiger partial charge on any atom is 0.170 e. The summed E-state index contributed by atoms with van der Waals surface area (Å²) in [5.74, 6) is 1.86. The second-order valence-corrected chi connectivity index (χ2v) is 7.24. The lowest BCUT2D eigenvalue weighted by Gasteiger charge is -2.31. The molecule has 0 amide bonds. The summed E-state index contributed by atoms with van der Waals surface area (Å²) in [6.07, 6.45) is 1.23. The maximum atomic E-state index is 12.2. The van der Waals surface area contributed by atoms with E-state index in [2.05, 4.69) is 0 Å². The van der Waals surface area contributed by atoms with Gasteiger partial charge in [0.25, 0.3) is 0 Å². The highest BCUT2D eigenvalue weighted by Crippen LogP contribution is 2.42. The van der Waals surface area contributed by atoms with Crippen LogP contribution < -0.4 is 14.2 Å². The molecule has 3 aromatic rings. The summed E-state index contributed by atoms with van der Waals surface area (Å²) in [6.45, 7) is 1.92. The molecule has 3 aromatic carbocycles. The lowest BCUT2D eigenvalue weighted by molar-refractivity contribution is -0.121. The number of methoxy groups -OCH3 is 2. The molecule has 5 nitrogen and oxygen atoms in total. The Morgan fingerprint density at radius 2 is 1.35 bits per heavy atom. The van der Waals surface area contributed by atoms with E-state index in [1.54, 1.807) is 44.6 Å². The molecule has 0 saturated carbocycles. The standard InChI is InChI=1S/C26H28O5/c1-4-7-21(27)18-31-25-9-6-5-8-24(25)26(28,19-10-14-22(29-2)15-11-19)20-12-16-23(30-3)17-13-20/h5-6,8-17,28H,4,7,18H2,1-3H3. The number of rotatable bonds is 10. The minimum atomic E-state index is -1.51. The zero-order chi connectivity index (χ0) is 22.3. The molecule has 0 unspecified atom stereocenters. The van der Waals surface area contributed by atoms with E-state index >= 15 is 0 Å². The number of benzene rings is 3. The zero-order valence-electron chi connectivity index (χ0n) is 18.1. The summed E-state index contributed by atoms with van der Waals surface area (Å²) in [5.41, 5.74) is 0.335. The Hall–Kier alpha value is -3.31. The highest BCUT2D eigenvalue weighted by atomic mass is 16.5. The minimum absolute atomic E-state index is 0.0229. The predicted molar refractivity (Wildman–Crippen MR) is 120 cm³/mol. The Balaban J connectivity index is 2.11. The fourth-order valence-corrected chi connectivity index (χ4v) is 3.54. The average Bonchev–Trinajstić information content (AvgIpc) is 2.83. The van der Waals surface area contributed by atoms with Crippen molar-refractivity contribution < 1.29 is 24.1 Å². The molecule has 0 spiro atoms. The van der Waals surface area contributed by atoms with Crippen molar-refractivity contribution >= 4 is 5.78 Å². The lowest BCUT2D eigenvalue weighted by Crippen LogP contribution is -2.30. The first kappa shape index (κ1) is 22.4. The Bertz CT molecular complexity index is 946. The summed E-state index contributed by atoms with van der Waals surface area (Å²) in [5, 5.41) is 12.2. The average molecular weight is 421 g/mol. The van der Waals surface area contributed by atoms with Crippen molar-refractivity contribution in [3.05, 3.63) is 89.5 Å². The van der Waals surface area contributed by atoms with E-state index in [9.17, 15) is 9.90 Å². The number of hydrogen-bond donors (Lipinski definition) is 1. The van der Waals surface area contributed by atoms with Gasteiger partial charge in [-0.3, -0.25) is 4.79 Å². The van der Waals surface area contributed by atoms with Gasteiger partial charge in [0.2, 0.25) is 0 Å². The predicted octanol–water partition coefficient (Wildman–Crippen LogP) is 4.74. The van der Waals surface area contributed by atoms with Crippen LogP contribution in [0.1, 0.15) is 36.5 Å². The summed E-state index contributed by atoms with van der Waals surface area (Å²) in [6, 6.07) is 21.8. The molecule has 0 radical (unpaired) electrons. The van der Waals surface area contributed by atoms with Crippen LogP contribution in [-0.4, -0.2) is 31.7 Å². The van der Waals surface area contributed by atoms with E-state index in [1.165, 1.54) is 0 Å². The van der Waals surface area contributed by atoms with Gasteiger partial charge in [-0.15, -0.1) is 0 Å². The molecule has 0 aliphatic carbocycles. The number of carbonyl (C=O) groups excluding carboxylic acids is 1. The van der Waals surface area contributed by atoms with Gasteiger partial charge in [0, 0.05) is 12.0 Å². The van der Waals surface area contributed by atoms with Crippen LogP contribution in [0.3, 0.4) is 0 Å². The summed E-state index contributed by atoms with van der Waals surface area (Å²) in [4.78, 5) is 12.0. The zero-order valence-corrected chi connectivity index (χ0v) is 18.1. The van der Waals surface area contributed by atoms with Gasteiger partial charge in [0.15, 0.2) is 5.78 Å². The Morgan fingerprint density at radius 3 is 1.84 bits per heavy atom. The van der Waals surface area contributed by atoms with Gasteiger partial charge in [0.05, 0.1) is 14.2 Å². The Kier molecular flexibility index (Phi) is 7.32. The van der Waals surface area contributed by atoms with Gasteiger partial charge < -0.3 is 19.3 Å². The Morgan fingerprint density at radius 1 is 0.839 bits per heavy atom. The molecule has 0 bridgehead atoms. The van der Waals surface area contributed by atoms with Crippen molar-refractivity contribution in [2.75, 3.05) is 20.8 Å². The monoisotopic (exact) mass is 420 g/mol. The smallest absolute Gasteiger partial charge is 0.170 e. The largest absolute Gasteiger partial charge is 0.497 e. The minimum Gasteiger partial charge on any atom is -0.497 e. The van der Waals surface area contributed by atoms with Crippen LogP contribution in [0.2, 0.25) is 0 Å². The molecule has 0 aliphatic heterocycles. The van der Waals surface area contributed by atoms with Crippen molar-refractivity contribution in [3.63, 3.8) is 0 Å². The fourth-order valence-electron chi connectivity index (χ4n) is 3.54. The van der Waals surface area contributed by atoms with E-state index in [-0.39, 0.29) is 12.4 Å². The van der Waals surface area contributed by atoms with Crippen molar-refractivity contribution in [1.82, 2.24) is 0 Å². The van der Waals surface area contributed by atoms with Gasteiger partial charge in [-0.25, -0.2) is 0 Å². The maximum absolute atomic E-state index is 12.2. The van der Waals surface area contributed by atoms with E-state index < -0.39 is 5.60 Å². The third-order valence-corrected chi connectivity index (χ3v) is 5.21. The molecule has 0 saturated heterocycles. The molecule has 0 heterocycles. The van der Waals surface area contributed by atoms with Gasteiger partial charge in [-0.2, -0.15) is 0 Å². The van der Waals surface area contributed by atoms with Crippen LogP contribution in [0, 0.1) is 0 Å². The van der Waals surface area contributed by atoms with Crippen LogP contribution in [0.4, 0.5) is 0 Å². The third-order valence-electron chi connectivity index (χ3n) is 5.21. The van der Waals surface area contributed by atoms with Crippen molar-refractivity contribution in [1.29, 1.82) is 0 Å². The van der Waals surface area contributed by atoms with Crippen LogP contribution in [-0.2, 0) is 10.4 Å². The van der Waals surface area contributed by atoms with Crippen LogP contribution >= 0.6 is 0 Å². The number of para-hydroxylation sites is 1. The number of ketones is 1. The van der Waals surface area contributed by atoms with Crippen LogP contribution in [0.15, 0.2) is 72.8 Å². The first-order valence-electron chi connectivity index (χ1n) is 10.3. The van der Waals surface area contributed by atoms with Gasteiger partial charge in [-0.05, 0) is 47.9 Å². The van der Waals surface area contributed by atoms with Gasteiger partial charge in [0.1, 0.15) is 29.5 Å². The molecule has 3 rings (SSSR count). The quantitative estimate of drug-likeness (QED) is 0.480. The van der Waals surface area contributed by atoms with Crippen molar-refractivity contribution in [2.45, 2.75) is 25.4 Å². The number of carbonyl (C=O) groups is 1. The highest BCUT2D eigenvalue weighted by molar-refractivity contribution is 5.79. The van der Waals surface area contributed by atoms with Crippen LogP contribution in [0.5, 0.6) is 17.2 Å². The third kappa shape index (κ3) is 4.89. The second kappa shape index (κ2) is 10.1. The van der Waals surface area contributed by atoms with Gasteiger partial charge in [-0.1, -0.05) is 49.4 Å². The molecular weight excluding hydrogens is 392 g/mol. The van der Waals surface area contributed by atoms with E-state index in [1.807, 2.05) is 49.4 Å². The van der Waals surface area contributed by atoms with E-state index in [0.29, 0.717) is 40.4 Å². The molecule has 0 aliphatic rings. The summed E-state index contributed by atoms with van der Waals surface area (Å²) < 4.78 is 16.4. The van der Waals surface area contributed by atoms with E-state index in [0.717, 1.165) is 6.42 Å². The summed E-state index contributed by atoms with van der Waals surface area (Å²) >= 11 is 0. The molecule has 1 N–H and O–H groups in total.